The van der Waals surface area contributed by atoms with Gasteiger partial charge in [0.15, 0.2) is 5.69 Å². The van der Waals surface area contributed by atoms with Crippen molar-refractivity contribution in [3.05, 3.63) is 88.8 Å². The number of nitrogens with zero attached hydrogens (tertiary/aromatic N) is 2. The summed E-state index contributed by atoms with van der Waals surface area (Å²) in [5.74, 6) is -0.526. The van der Waals surface area contributed by atoms with Crippen LogP contribution in [0.2, 0.25) is 0 Å². The van der Waals surface area contributed by atoms with Crippen LogP contribution in [-0.4, -0.2) is 15.7 Å². The SMILES string of the molecule is O=C(Nc1ccccc1)c1nn(-c2ccccc2)ccc1=O. The summed E-state index contributed by atoms with van der Waals surface area (Å²) >= 11 is 0. The van der Waals surface area contributed by atoms with Gasteiger partial charge < -0.3 is 5.32 Å². The summed E-state index contributed by atoms with van der Waals surface area (Å²) in [5, 5.41) is 6.79. The minimum Gasteiger partial charge on any atom is -0.320 e. The molecule has 1 heterocycles. The molecule has 0 atom stereocenters. The minimum absolute atomic E-state index is 0.143. The van der Waals surface area contributed by atoms with Gasteiger partial charge in [-0.15, -0.1) is 0 Å². The molecule has 3 rings (SSSR count). The number of hydrogen-bond donors (Lipinski definition) is 1. The van der Waals surface area contributed by atoms with Crippen LogP contribution in [0, 0.1) is 0 Å². The van der Waals surface area contributed by atoms with Crippen LogP contribution < -0.4 is 10.7 Å². The molecule has 0 aliphatic heterocycles. The molecular weight excluding hydrogens is 278 g/mol. The lowest BCUT2D eigenvalue weighted by Gasteiger charge is -2.07. The maximum Gasteiger partial charge on any atom is 0.280 e. The number of amides is 1. The highest BCUT2D eigenvalue weighted by molar-refractivity contribution is 6.02. The first-order valence-electron chi connectivity index (χ1n) is 6.76. The standard InChI is InChI=1S/C17H13N3O2/c21-15-11-12-20(14-9-5-2-6-10-14)19-16(15)17(22)18-13-7-3-1-4-8-13/h1-12H,(H,18,22). The van der Waals surface area contributed by atoms with E-state index >= 15 is 0 Å². The van der Waals surface area contributed by atoms with Gasteiger partial charge in [-0.1, -0.05) is 36.4 Å². The first-order valence-corrected chi connectivity index (χ1v) is 6.76. The number of carbonyl (C=O) groups is 1. The molecule has 0 saturated heterocycles. The fraction of sp³-hybridized carbons (Fsp3) is 0. The van der Waals surface area contributed by atoms with Crippen molar-refractivity contribution in [1.29, 1.82) is 0 Å². The molecule has 0 unspecified atom stereocenters. The van der Waals surface area contributed by atoms with Crippen LogP contribution in [0.15, 0.2) is 77.7 Å². The second kappa shape index (κ2) is 6.05. The zero-order chi connectivity index (χ0) is 15.4. The van der Waals surface area contributed by atoms with Gasteiger partial charge in [0.1, 0.15) is 0 Å². The van der Waals surface area contributed by atoms with Crippen molar-refractivity contribution in [2.75, 3.05) is 5.32 Å². The lowest BCUT2D eigenvalue weighted by atomic mass is 10.3. The Hall–Kier alpha value is -3.21. The highest BCUT2D eigenvalue weighted by Crippen LogP contribution is 2.07. The summed E-state index contributed by atoms with van der Waals surface area (Å²) in [4.78, 5) is 24.1. The van der Waals surface area contributed by atoms with Gasteiger partial charge in [-0.25, -0.2) is 4.68 Å². The fourth-order valence-corrected chi connectivity index (χ4v) is 2.00. The van der Waals surface area contributed by atoms with Gasteiger partial charge >= 0.3 is 0 Å². The average molecular weight is 291 g/mol. The smallest absolute Gasteiger partial charge is 0.280 e. The number of benzene rings is 2. The molecule has 1 amide bonds. The van der Waals surface area contributed by atoms with Crippen molar-refractivity contribution in [2.45, 2.75) is 0 Å². The second-order valence-electron chi connectivity index (χ2n) is 4.63. The molecule has 0 bridgehead atoms. The summed E-state index contributed by atoms with van der Waals surface area (Å²) in [6.45, 7) is 0. The van der Waals surface area contributed by atoms with Crippen molar-refractivity contribution in [2.24, 2.45) is 0 Å². The summed E-state index contributed by atoms with van der Waals surface area (Å²) in [5.41, 5.74) is 0.830. The van der Waals surface area contributed by atoms with E-state index in [4.69, 9.17) is 0 Å². The Balaban J connectivity index is 1.93. The molecule has 0 aliphatic rings. The van der Waals surface area contributed by atoms with E-state index in [1.807, 2.05) is 36.4 Å². The molecule has 0 fully saturated rings. The molecule has 1 N–H and O–H groups in total. The van der Waals surface area contributed by atoms with Crippen LogP contribution in [-0.2, 0) is 0 Å². The molecule has 3 aromatic rings. The van der Waals surface area contributed by atoms with Gasteiger partial charge in [-0.2, -0.15) is 5.10 Å². The highest BCUT2D eigenvalue weighted by atomic mass is 16.2. The van der Waals surface area contributed by atoms with E-state index in [1.165, 1.54) is 16.9 Å². The lowest BCUT2D eigenvalue weighted by Crippen LogP contribution is -2.25. The largest absolute Gasteiger partial charge is 0.320 e. The summed E-state index contributed by atoms with van der Waals surface area (Å²) in [6.07, 6.45) is 1.54. The maximum absolute atomic E-state index is 12.2. The van der Waals surface area contributed by atoms with Crippen molar-refractivity contribution < 1.29 is 4.79 Å². The molecule has 0 spiro atoms. The number of hydrogen-bond acceptors (Lipinski definition) is 3. The normalized spacial score (nSPS) is 10.2. The third-order valence-corrected chi connectivity index (χ3v) is 3.08. The quantitative estimate of drug-likeness (QED) is 0.806. The van der Waals surface area contributed by atoms with Gasteiger partial charge in [0, 0.05) is 18.0 Å². The lowest BCUT2D eigenvalue weighted by molar-refractivity contribution is 0.101. The van der Waals surface area contributed by atoms with Gasteiger partial charge in [0.2, 0.25) is 5.43 Å². The van der Waals surface area contributed by atoms with E-state index in [2.05, 4.69) is 10.4 Å². The van der Waals surface area contributed by atoms with E-state index in [-0.39, 0.29) is 5.69 Å². The van der Waals surface area contributed by atoms with E-state index in [0.29, 0.717) is 5.69 Å². The Morgan fingerprint density at radius 1 is 0.909 bits per heavy atom. The van der Waals surface area contributed by atoms with Crippen molar-refractivity contribution in [1.82, 2.24) is 9.78 Å². The zero-order valence-electron chi connectivity index (χ0n) is 11.6. The Kier molecular flexibility index (Phi) is 3.78. The fourth-order valence-electron chi connectivity index (χ4n) is 2.00. The predicted molar refractivity (Wildman–Crippen MR) is 84.2 cm³/mol. The second-order valence-corrected chi connectivity index (χ2v) is 4.63. The Labute approximate surface area is 126 Å². The van der Waals surface area contributed by atoms with Gasteiger partial charge in [-0.3, -0.25) is 9.59 Å². The highest BCUT2D eigenvalue weighted by Gasteiger charge is 2.13. The molecule has 0 radical (unpaired) electrons. The monoisotopic (exact) mass is 291 g/mol. The molecular formula is C17H13N3O2. The van der Waals surface area contributed by atoms with Crippen molar-refractivity contribution in [3.8, 4) is 5.69 Å². The van der Waals surface area contributed by atoms with Crippen LogP contribution in [0.5, 0.6) is 0 Å². The summed E-state index contributed by atoms with van der Waals surface area (Å²) in [7, 11) is 0. The van der Waals surface area contributed by atoms with Crippen LogP contribution in [0.25, 0.3) is 5.69 Å². The molecule has 1 aromatic heterocycles. The predicted octanol–water partition coefficient (Wildman–Crippen LogP) is 2.48. The van der Waals surface area contributed by atoms with Crippen LogP contribution >= 0.6 is 0 Å². The molecule has 5 heteroatoms. The average Bonchev–Trinajstić information content (AvgIpc) is 2.57. The minimum atomic E-state index is -0.526. The van der Waals surface area contributed by atoms with E-state index < -0.39 is 11.3 Å². The van der Waals surface area contributed by atoms with Crippen LogP contribution in [0.4, 0.5) is 5.69 Å². The topological polar surface area (TPSA) is 64.0 Å². The van der Waals surface area contributed by atoms with E-state index in [1.54, 1.807) is 24.3 Å². The van der Waals surface area contributed by atoms with Crippen molar-refractivity contribution >= 4 is 11.6 Å². The van der Waals surface area contributed by atoms with Crippen molar-refractivity contribution in [3.63, 3.8) is 0 Å². The number of rotatable bonds is 3. The van der Waals surface area contributed by atoms with Crippen LogP contribution in [0.1, 0.15) is 10.5 Å². The van der Waals surface area contributed by atoms with E-state index in [0.717, 1.165) is 5.69 Å². The number of aromatic nitrogens is 2. The number of para-hydroxylation sites is 2. The molecule has 0 saturated carbocycles. The molecule has 22 heavy (non-hydrogen) atoms. The number of carbonyl (C=O) groups excluding carboxylic acids is 1. The third-order valence-electron chi connectivity index (χ3n) is 3.08. The number of nitrogens with one attached hydrogen (secondary N) is 1. The third kappa shape index (κ3) is 2.93. The van der Waals surface area contributed by atoms with Gasteiger partial charge in [-0.05, 0) is 24.3 Å². The van der Waals surface area contributed by atoms with E-state index in [9.17, 15) is 9.59 Å². The number of anilines is 1. The summed E-state index contributed by atoms with van der Waals surface area (Å²) in [6, 6.07) is 19.6. The summed E-state index contributed by atoms with van der Waals surface area (Å²) < 4.78 is 1.50. The van der Waals surface area contributed by atoms with Gasteiger partial charge in [0.25, 0.3) is 5.91 Å². The molecule has 5 nitrogen and oxygen atoms in total. The Morgan fingerprint density at radius 3 is 2.23 bits per heavy atom. The Bertz CT molecular complexity index is 843. The molecule has 2 aromatic carbocycles. The maximum atomic E-state index is 12.2. The Morgan fingerprint density at radius 2 is 1.55 bits per heavy atom. The van der Waals surface area contributed by atoms with Crippen LogP contribution in [0.3, 0.4) is 0 Å². The molecule has 108 valence electrons. The zero-order valence-corrected chi connectivity index (χ0v) is 11.6. The first kappa shape index (κ1) is 13.8. The van der Waals surface area contributed by atoms with Gasteiger partial charge in [0.05, 0.1) is 5.69 Å². The molecule has 0 aliphatic carbocycles. The first-order chi connectivity index (χ1) is 10.7.